The molecule has 0 bridgehead atoms. The molecule has 7 nitrogen and oxygen atoms in total. The molecule has 0 aliphatic heterocycles. The standard InChI is InChI=1S/C18H16N4O3/c1-2-24-18-14(21-17(25-18)12-8-4-3-5-9-12)16(23)22-15(19)13-10-6-7-11-20-13/h3-11H,2H2,1H3,(H2,19,22,23). The van der Waals surface area contributed by atoms with Gasteiger partial charge in [-0.15, -0.1) is 0 Å². The van der Waals surface area contributed by atoms with E-state index in [1.54, 1.807) is 31.3 Å². The maximum atomic E-state index is 12.5. The Morgan fingerprint density at radius 3 is 2.64 bits per heavy atom. The molecule has 25 heavy (non-hydrogen) atoms. The molecule has 126 valence electrons. The number of nitrogens with two attached hydrogens (primary N) is 1. The van der Waals surface area contributed by atoms with Gasteiger partial charge in [0.25, 0.3) is 0 Å². The van der Waals surface area contributed by atoms with Crippen LogP contribution in [0, 0.1) is 0 Å². The maximum Gasteiger partial charge on any atom is 0.319 e. The van der Waals surface area contributed by atoms with E-state index in [4.69, 9.17) is 14.9 Å². The van der Waals surface area contributed by atoms with Crippen molar-refractivity contribution in [3.05, 3.63) is 66.1 Å². The van der Waals surface area contributed by atoms with Crippen molar-refractivity contribution in [1.29, 1.82) is 0 Å². The predicted octanol–water partition coefficient (Wildman–Crippen LogP) is 2.68. The predicted molar refractivity (Wildman–Crippen MR) is 92.4 cm³/mol. The van der Waals surface area contributed by atoms with E-state index in [0.717, 1.165) is 5.56 Å². The molecule has 0 unspecified atom stereocenters. The SMILES string of the molecule is CCOc1oc(-c2ccccc2)nc1C(=O)N=C(N)c1ccccn1. The smallest absolute Gasteiger partial charge is 0.319 e. The number of aliphatic imine (C=N–C) groups is 1. The average molecular weight is 336 g/mol. The van der Waals surface area contributed by atoms with E-state index in [0.29, 0.717) is 12.3 Å². The quantitative estimate of drug-likeness (QED) is 0.567. The van der Waals surface area contributed by atoms with Crippen LogP contribution in [-0.4, -0.2) is 28.3 Å². The Bertz CT molecular complexity index is 889. The van der Waals surface area contributed by atoms with E-state index in [2.05, 4.69) is 15.0 Å². The molecule has 0 aliphatic rings. The van der Waals surface area contributed by atoms with E-state index in [1.807, 2.05) is 30.3 Å². The van der Waals surface area contributed by atoms with Crippen LogP contribution in [-0.2, 0) is 0 Å². The largest absolute Gasteiger partial charge is 0.464 e. The van der Waals surface area contributed by atoms with E-state index < -0.39 is 5.91 Å². The molecule has 2 N–H and O–H groups in total. The first-order valence-corrected chi connectivity index (χ1v) is 7.68. The average Bonchev–Trinajstić information content (AvgIpc) is 3.07. The van der Waals surface area contributed by atoms with Crippen LogP contribution >= 0.6 is 0 Å². The van der Waals surface area contributed by atoms with Crippen LogP contribution in [0.25, 0.3) is 11.5 Å². The fraction of sp³-hybridized carbons (Fsp3) is 0.111. The Balaban J connectivity index is 1.95. The minimum absolute atomic E-state index is 0.00249. The molecule has 0 radical (unpaired) electrons. The summed E-state index contributed by atoms with van der Waals surface area (Å²) >= 11 is 0. The Hall–Kier alpha value is -3.48. The second-order valence-corrected chi connectivity index (χ2v) is 4.97. The molecule has 0 saturated heterocycles. The third kappa shape index (κ3) is 3.72. The molecule has 0 fully saturated rings. The highest BCUT2D eigenvalue weighted by atomic mass is 16.6. The first-order valence-electron chi connectivity index (χ1n) is 7.68. The number of ether oxygens (including phenoxy) is 1. The third-order valence-electron chi connectivity index (χ3n) is 3.24. The number of nitrogens with zero attached hydrogens (tertiary/aromatic N) is 3. The lowest BCUT2D eigenvalue weighted by Crippen LogP contribution is -2.17. The molecule has 2 heterocycles. The molecule has 3 aromatic rings. The number of amides is 1. The van der Waals surface area contributed by atoms with Crippen LogP contribution in [0.5, 0.6) is 5.95 Å². The molecule has 1 aromatic carbocycles. The Labute approximate surface area is 144 Å². The van der Waals surface area contributed by atoms with Crippen molar-refractivity contribution in [1.82, 2.24) is 9.97 Å². The van der Waals surface area contributed by atoms with Gasteiger partial charge in [-0.05, 0) is 31.2 Å². The molecule has 0 aliphatic carbocycles. The molecule has 2 aromatic heterocycles. The van der Waals surface area contributed by atoms with Gasteiger partial charge in [-0.3, -0.25) is 9.78 Å². The van der Waals surface area contributed by atoms with Crippen molar-refractivity contribution in [2.45, 2.75) is 6.92 Å². The molecule has 7 heteroatoms. The normalized spacial score (nSPS) is 11.3. The fourth-order valence-electron chi connectivity index (χ4n) is 2.11. The molecule has 0 atom stereocenters. The summed E-state index contributed by atoms with van der Waals surface area (Å²) in [5.74, 6) is -0.363. The highest BCUT2D eigenvalue weighted by Gasteiger charge is 2.22. The van der Waals surface area contributed by atoms with Crippen LogP contribution in [0.1, 0.15) is 23.1 Å². The van der Waals surface area contributed by atoms with Crippen molar-refractivity contribution < 1.29 is 13.9 Å². The zero-order valence-electron chi connectivity index (χ0n) is 13.5. The van der Waals surface area contributed by atoms with E-state index in [9.17, 15) is 4.79 Å². The molecule has 0 saturated carbocycles. The first kappa shape index (κ1) is 16.4. The monoisotopic (exact) mass is 336 g/mol. The van der Waals surface area contributed by atoms with Crippen molar-refractivity contribution in [3.8, 4) is 17.4 Å². The lowest BCUT2D eigenvalue weighted by molar-refractivity contribution is 0.0992. The van der Waals surface area contributed by atoms with Gasteiger partial charge >= 0.3 is 11.9 Å². The minimum atomic E-state index is -0.655. The molecular formula is C18H16N4O3. The summed E-state index contributed by atoms with van der Waals surface area (Å²) in [6.07, 6.45) is 1.57. The number of benzene rings is 1. The summed E-state index contributed by atoms with van der Waals surface area (Å²) in [5, 5.41) is 0. The number of hydrogen-bond acceptors (Lipinski definition) is 5. The summed E-state index contributed by atoms with van der Waals surface area (Å²) in [4.78, 5) is 24.6. The zero-order chi connectivity index (χ0) is 17.6. The number of hydrogen-bond donors (Lipinski definition) is 1. The summed E-state index contributed by atoms with van der Waals surface area (Å²) in [5.41, 5.74) is 6.94. The van der Waals surface area contributed by atoms with Gasteiger partial charge in [0, 0.05) is 11.8 Å². The van der Waals surface area contributed by atoms with E-state index >= 15 is 0 Å². The summed E-state index contributed by atoms with van der Waals surface area (Å²) in [6.45, 7) is 2.10. The number of aromatic nitrogens is 2. The molecule has 1 amide bonds. The van der Waals surface area contributed by atoms with Gasteiger partial charge in [0.2, 0.25) is 11.6 Å². The Kier molecular flexibility index (Phi) is 4.84. The van der Waals surface area contributed by atoms with Crippen LogP contribution < -0.4 is 10.5 Å². The highest BCUT2D eigenvalue weighted by Crippen LogP contribution is 2.28. The summed E-state index contributed by atoms with van der Waals surface area (Å²) in [7, 11) is 0. The van der Waals surface area contributed by atoms with Crippen LogP contribution in [0.15, 0.2) is 64.1 Å². The first-order chi connectivity index (χ1) is 12.2. The highest BCUT2D eigenvalue weighted by molar-refractivity contribution is 6.08. The van der Waals surface area contributed by atoms with Gasteiger partial charge in [0.15, 0.2) is 5.84 Å². The van der Waals surface area contributed by atoms with Gasteiger partial charge in [0.1, 0.15) is 5.69 Å². The van der Waals surface area contributed by atoms with Crippen molar-refractivity contribution in [2.24, 2.45) is 10.7 Å². The molecule has 3 rings (SSSR count). The zero-order valence-corrected chi connectivity index (χ0v) is 13.5. The summed E-state index contributed by atoms with van der Waals surface area (Å²) in [6, 6.07) is 14.4. The second-order valence-electron chi connectivity index (χ2n) is 4.97. The van der Waals surface area contributed by atoms with Crippen LogP contribution in [0.2, 0.25) is 0 Å². The van der Waals surface area contributed by atoms with Crippen molar-refractivity contribution in [3.63, 3.8) is 0 Å². The van der Waals surface area contributed by atoms with Gasteiger partial charge in [-0.1, -0.05) is 24.3 Å². The molecular weight excluding hydrogens is 320 g/mol. The Morgan fingerprint density at radius 1 is 1.20 bits per heavy atom. The number of carbonyl (C=O) groups excluding carboxylic acids is 1. The Morgan fingerprint density at radius 2 is 1.96 bits per heavy atom. The fourth-order valence-corrected chi connectivity index (χ4v) is 2.11. The number of amidine groups is 1. The van der Waals surface area contributed by atoms with Crippen LogP contribution in [0.4, 0.5) is 0 Å². The number of rotatable bonds is 5. The van der Waals surface area contributed by atoms with E-state index in [1.165, 1.54) is 0 Å². The van der Waals surface area contributed by atoms with Crippen molar-refractivity contribution in [2.75, 3.05) is 6.61 Å². The number of oxazole rings is 1. The topological polar surface area (TPSA) is 104 Å². The van der Waals surface area contributed by atoms with Gasteiger partial charge in [0.05, 0.1) is 6.61 Å². The third-order valence-corrected chi connectivity index (χ3v) is 3.24. The van der Waals surface area contributed by atoms with Gasteiger partial charge in [-0.2, -0.15) is 9.98 Å². The lowest BCUT2D eigenvalue weighted by Gasteiger charge is -2.00. The van der Waals surface area contributed by atoms with E-state index in [-0.39, 0.29) is 23.4 Å². The number of carbonyl (C=O) groups is 1. The van der Waals surface area contributed by atoms with Gasteiger partial charge in [-0.25, -0.2) is 0 Å². The van der Waals surface area contributed by atoms with Crippen molar-refractivity contribution >= 4 is 11.7 Å². The molecule has 0 spiro atoms. The van der Waals surface area contributed by atoms with Gasteiger partial charge < -0.3 is 14.9 Å². The second kappa shape index (κ2) is 7.39. The maximum absolute atomic E-state index is 12.5. The lowest BCUT2D eigenvalue weighted by atomic mass is 10.2. The number of pyridine rings is 1. The summed E-state index contributed by atoms with van der Waals surface area (Å²) < 4.78 is 10.9. The minimum Gasteiger partial charge on any atom is -0.464 e. The van der Waals surface area contributed by atoms with Crippen LogP contribution in [0.3, 0.4) is 0 Å².